The maximum absolute atomic E-state index is 14.0. The van der Waals surface area contributed by atoms with E-state index >= 15 is 0 Å². The fraction of sp³-hybridized carbons (Fsp3) is 0.400. The van der Waals surface area contributed by atoms with Crippen molar-refractivity contribution in [2.24, 2.45) is 0 Å². The van der Waals surface area contributed by atoms with Crippen molar-refractivity contribution >= 4 is 11.6 Å². The third-order valence-corrected chi connectivity index (χ3v) is 4.67. The van der Waals surface area contributed by atoms with E-state index in [1.54, 1.807) is 18.3 Å². The van der Waals surface area contributed by atoms with Crippen molar-refractivity contribution in [3.05, 3.63) is 42.3 Å². The van der Waals surface area contributed by atoms with Crippen LogP contribution in [-0.2, 0) is 4.79 Å². The second kappa shape index (κ2) is 8.67. The Kier molecular flexibility index (Phi) is 6.24. The molecule has 29 heavy (non-hydrogen) atoms. The molecule has 2 aromatic rings. The number of amides is 1. The fourth-order valence-electron chi connectivity index (χ4n) is 3.52. The second-order valence-electron chi connectivity index (χ2n) is 7.03. The van der Waals surface area contributed by atoms with Crippen LogP contribution in [0.5, 0.6) is 5.75 Å². The first-order valence-corrected chi connectivity index (χ1v) is 9.25. The Balaban J connectivity index is 1.71. The van der Waals surface area contributed by atoms with Gasteiger partial charge in [0.1, 0.15) is 0 Å². The van der Waals surface area contributed by atoms with Crippen LogP contribution in [0.3, 0.4) is 0 Å². The first-order valence-electron chi connectivity index (χ1n) is 9.25. The molecule has 5 nitrogen and oxygen atoms in total. The van der Waals surface area contributed by atoms with Crippen LogP contribution >= 0.6 is 0 Å². The zero-order valence-corrected chi connectivity index (χ0v) is 15.7. The maximum Gasteiger partial charge on any atom is 0.573 e. The van der Waals surface area contributed by atoms with E-state index in [0.717, 1.165) is 43.5 Å². The van der Waals surface area contributed by atoms with Crippen molar-refractivity contribution in [3.8, 4) is 17.0 Å². The molecule has 1 saturated carbocycles. The van der Waals surface area contributed by atoms with Gasteiger partial charge in [0.05, 0.1) is 5.69 Å². The van der Waals surface area contributed by atoms with Crippen molar-refractivity contribution in [2.75, 3.05) is 5.32 Å². The highest BCUT2D eigenvalue weighted by Gasteiger charge is 2.32. The molecule has 0 spiro atoms. The number of hydrogen-bond donors (Lipinski definition) is 2. The van der Waals surface area contributed by atoms with Crippen LogP contribution in [0, 0.1) is 5.82 Å². The summed E-state index contributed by atoms with van der Waals surface area (Å²) in [5.41, 5.74) is 1.52. The number of pyridine rings is 1. The van der Waals surface area contributed by atoms with Gasteiger partial charge in [0.25, 0.3) is 0 Å². The first-order chi connectivity index (χ1) is 13.7. The highest BCUT2D eigenvalue weighted by atomic mass is 19.4. The molecule has 2 atom stereocenters. The Morgan fingerprint density at radius 1 is 1.17 bits per heavy atom. The standard InChI is InChI=1S/C20H21F4N3O2/c1-12(28)26-14-3-2-4-15(10-14)27-16-7-8-25-18(11-16)13-5-6-19(17(21)9-13)29-20(22,23)24/h5-9,11,14-15H,2-4,10H2,1H3,(H,25,27)(H,26,28)/t14-,15+/m0/s1. The number of anilines is 1. The maximum atomic E-state index is 14.0. The van der Waals surface area contributed by atoms with Crippen LogP contribution in [0.2, 0.25) is 0 Å². The minimum Gasteiger partial charge on any atom is -0.403 e. The Hall–Kier alpha value is -2.84. The van der Waals surface area contributed by atoms with Crippen LogP contribution in [-0.4, -0.2) is 29.3 Å². The number of ether oxygens (including phenoxy) is 1. The molecule has 1 aliphatic carbocycles. The quantitative estimate of drug-likeness (QED) is 0.704. The van der Waals surface area contributed by atoms with Crippen LogP contribution in [0.15, 0.2) is 36.5 Å². The lowest BCUT2D eigenvalue weighted by Gasteiger charge is -2.30. The number of rotatable bonds is 5. The summed E-state index contributed by atoms with van der Waals surface area (Å²) >= 11 is 0. The predicted molar refractivity (Wildman–Crippen MR) is 99.8 cm³/mol. The molecule has 0 aliphatic heterocycles. The molecule has 0 radical (unpaired) electrons. The van der Waals surface area contributed by atoms with Crippen LogP contribution in [0.4, 0.5) is 23.2 Å². The van der Waals surface area contributed by atoms with E-state index in [0.29, 0.717) is 11.3 Å². The average Bonchev–Trinajstić information content (AvgIpc) is 2.62. The molecule has 1 heterocycles. The van der Waals surface area contributed by atoms with Crippen molar-refractivity contribution in [2.45, 2.75) is 51.1 Å². The highest BCUT2D eigenvalue weighted by molar-refractivity contribution is 5.73. The van der Waals surface area contributed by atoms with Crippen molar-refractivity contribution in [3.63, 3.8) is 0 Å². The van der Waals surface area contributed by atoms with E-state index in [1.807, 2.05) is 0 Å². The van der Waals surface area contributed by atoms with Gasteiger partial charge in [-0.2, -0.15) is 0 Å². The zero-order chi connectivity index (χ0) is 21.0. The van der Waals surface area contributed by atoms with Gasteiger partial charge in [-0.1, -0.05) is 0 Å². The Labute approximate surface area is 165 Å². The molecule has 1 aliphatic rings. The van der Waals surface area contributed by atoms with Gasteiger partial charge < -0.3 is 15.4 Å². The van der Waals surface area contributed by atoms with Gasteiger partial charge in [-0.15, -0.1) is 13.2 Å². The van der Waals surface area contributed by atoms with Gasteiger partial charge in [0.15, 0.2) is 11.6 Å². The first kappa shape index (κ1) is 20.9. The molecule has 9 heteroatoms. The lowest BCUT2D eigenvalue weighted by Crippen LogP contribution is -2.40. The van der Waals surface area contributed by atoms with Gasteiger partial charge in [-0.05, 0) is 56.0 Å². The van der Waals surface area contributed by atoms with Gasteiger partial charge in [0, 0.05) is 36.5 Å². The average molecular weight is 411 g/mol. The molecule has 0 saturated heterocycles. The lowest BCUT2D eigenvalue weighted by molar-refractivity contribution is -0.275. The number of nitrogens with zero attached hydrogens (tertiary/aromatic N) is 1. The fourth-order valence-corrected chi connectivity index (χ4v) is 3.52. The van der Waals surface area contributed by atoms with Crippen molar-refractivity contribution in [1.29, 1.82) is 0 Å². The number of carbonyl (C=O) groups is 1. The Morgan fingerprint density at radius 3 is 2.62 bits per heavy atom. The number of nitrogens with one attached hydrogen (secondary N) is 2. The molecule has 156 valence electrons. The summed E-state index contributed by atoms with van der Waals surface area (Å²) in [6.45, 7) is 1.50. The third-order valence-electron chi connectivity index (χ3n) is 4.67. The van der Waals surface area contributed by atoms with E-state index in [2.05, 4.69) is 20.4 Å². The molecule has 1 aromatic carbocycles. The smallest absolute Gasteiger partial charge is 0.403 e. The SMILES string of the molecule is CC(=O)N[C@H]1CCC[C@@H](Nc2ccnc(-c3ccc(OC(F)(F)F)c(F)c3)c2)C1. The van der Waals surface area contributed by atoms with Crippen molar-refractivity contribution < 1.29 is 27.1 Å². The molecule has 0 unspecified atom stereocenters. The molecule has 1 fully saturated rings. The van der Waals surface area contributed by atoms with Gasteiger partial charge in [0.2, 0.25) is 5.91 Å². The topological polar surface area (TPSA) is 63.2 Å². The Morgan fingerprint density at radius 2 is 1.93 bits per heavy atom. The van der Waals surface area contributed by atoms with E-state index in [9.17, 15) is 22.4 Å². The summed E-state index contributed by atoms with van der Waals surface area (Å²) in [7, 11) is 0. The lowest BCUT2D eigenvalue weighted by atomic mass is 9.90. The summed E-state index contributed by atoms with van der Waals surface area (Å²) < 4.78 is 54.5. The zero-order valence-electron chi connectivity index (χ0n) is 15.7. The minimum atomic E-state index is -4.96. The van der Waals surface area contributed by atoms with Crippen LogP contribution in [0.1, 0.15) is 32.6 Å². The van der Waals surface area contributed by atoms with E-state index in [-0.39, 0.29) is 18.0 Å². The molecule has 1 amide bonds. The van der Waals surface area contributed by atoms with E-state index < -0.39 is 17.9 Å². The van der Waals surface area contributed by atoms with E-state index in [4.69, 9.17) is 0 Å². The minimum absolute atomic E-state index is 0.0539. The van der Waals surface area contributed by atoms with Crippen molar-refractivity contribution in [1.82, 2.24) is 10.3 Å². The third kappa shape index (κ3) is 6.07. The molecular formula is C20H21F4N3O2. The molecule has 0 bridgehead atoms. The normalized spacial score (nSPS) is 19.5. The summed E-state index contributed by atoms with van der Waals surface area (Å²) in [5, 5.41) is 6.33. The second-order valence-corrected chi connectivity index (χ2v) is 7.03. The number of carbonyl (C=O) groups excluding carboxylic acids is 1. The highest BCUT2D eigenvalue weighted by Crippen LogP contribution is 2.30. The number of hydrogen-bond acceptors (Lipinski definition) is 4. The van der Waals surface area contributed by atoms with Crippen LogP contribution < -0.4 is 15.4 Å². The van der Waals surface area contributed by atoms with Crippen LogP contribution in [0.25, 0.3) is 11.3 Å². The van der Waals surface area contributed by atoms with Gasteiger partial charge in [-0.25, -0.2) is 4.39 Å². The number of alkyl halides is 3. The molecule has 3 rings (SSSR count). The molecule has 1 aromatic heterocycles. The Bertz CT molecular complexity index is 873. The molecule has 2 N–H and O–H groups in total. The monoisotopic (exact) mass is 411 g/mol. The summed E-state index contributed by atoms with van der Waals surface area (Å²) in [6.07, 6.45) is 0.238. The number of aromatic nitrogens is 1. The summed E-state index contributed by atoms with van der Waals surface area (Å²) in [4.78, 5) is 15.4. The number of halogens is 4. The van der Waals surface area contributed by atoms with Gasteiger partial charge >= 0.3 is 6.36 Å². The van der Waals surface area contributed by atoms with E-state index in [1.165, 1.54) is 13.0 Å². The predicted octanol–water partition coefficient (Wildman–Crippen LogP) is 4.65. The summed E-state index contributed by atoms with van der Waals surface area (Å²) in [5.74, 6) is -2.06. The largest absolute Gasteiger partial charge is 0.573 e. The molecular weight excluding hydrogens is 390 g/mol. The number of benzene rings is 1. The summed E-state index contributed by atoms with van der Waals surface area (Å²) in [6, 6.07) is 6.97. The van der Waals surface area contributed by atoms with Gasteiger partial charge in [-0.3, -0.25) is 9.78 Å².